The fraction of sp³-hybridized carbons (Fsp3) is 0.242. The molecule has 2 heterocycles. The van der Waals surface area contributed by atoms with E-state index in [9.17, 15) is 9.59 Å². The van der Waals surface area contributed by atoms with Crippen LogP contribution in [-0.4, -0.2) is 38.0 Å². The van der Waals surface area contributed by atoms with Crippen LogP contribution in [0.1, 0.15) is 36.6 Å². The number of rotatable bonds is 11. The van der Waals surface area contributed by atoms with Crippen LogP contribution >= 0.6 is 43.2 Å². The van der Waals surface area contributed by atoms with E-state index in [1.54, 1.807) is 31.4 Å². The SMILES string of the molecule is CCOc1ccc([C@@H]2C(C(=O)OC)=CN=c3s/c(=C\c4cc(Br)c(OCc5ccc(Br)cc5)c(OC)c4)c(=O)n32)cc1OCC. The molecule has 4 aromatic rings. The van der Waals surface area contributed by atoms with Gasteiger partial charge in [-0.3, -0.25) is 9.36 Å². The lowest BCUT2D eigenvalue weighted by Gasteiger charge is -2.23. The highest BCUT2D eigenvalue weighted by atomic mass is 79.9. The number of halogens is 2. The van der Waals surface area contributed by atoms with Gasteiger partial charge in [0, 0.05) is 10.7 Å². The number of nitrogens with zero attached hydrogens (tertiary/aromatic N) is 2. The molecule has 9 nitrogen and oxygen atoms in total. The highest BCUT2D eigenvalue weighted by molar-refractivity contribution is 9.10. The lowest BCUT2D eigenvalue weighted by atomic mass is 9.97. The molecule has 234 valence electrons. The summed E-state index contributed by atoms with van der Waals surface area (Å²) in [4.78, 5) is 31.8. The molecule has 12 heteroatoms. The molecule has 0 spiro atoms. The Labute approximate surface area is 280 Å². The van der Waals surface area contributed by atoms with E-state index in [-0.39, 0.29) is 11.1 Å². The van der Waals surface area contributed by atoms with Gasteiger partial charge >= 0.3 is 5.97 Å². The normalized spacial score (nSPS) is 14.2. The van der Waals surface area contributed by atoms with E-state index in [1.807, 2.05) is 50.2 Å². The summed E-state index contributed by atoms with van der Waals surface area (Å²) in [6.45, 7) is 4.98. The number of hydrogen-bond acceptors (Lipinski definition) is 9. The standard InChI is InChI=1S/C33H30Br2N2O7S/c1-5-42-25-12-9-21(16-26(25)43-6-2)29-23(32(39)41-4)17-36-33-37(29)31(38)28(45-33)15-20-13-24(35)30(27(14-20)40-3)44-18-19-7-10-22(34)11-8-19/h7-17,29H,5-6,18H2,1-4H3/b28-15-/t29-/m1/s1. The maximum Gasteiger partial charge on any atom is 0.337 e. The molecule has 0 N–H and O–H groups in total. The van der Waals surface area contributed by atoms with Crippen LogP contribution in [0.4, 0.5) is 0 Å². The van der Waals surface area contributed by atoms with Crippen molar-refractivity contribution in [3.05, 3.63) is 112 Å². The summed E-state index contributed by atoms with van der Waals surface area (Å²) in [5.74, 6) is 1.55. The molecule has 3 aromatic carbocycles. The topological polar surface area (TPSA) is 97.6 Å². The number of benzene rings is 3. The van der Waals surface area contributed by atoms with Gasteiger partial charge in [0.05, 0.1) is 48.1 Å². The molecular formula is C33H30Br2N2O7S. The van der Waals surface area contributed by atoms with Gasteiger partial charge in [-0.1, -0.05) is 45.5 Å². The first kappa shape index (κ1) is 32.5. The van der Waals surface area contributed by atoms with Gasteiger partial charge in [-0.25, -0.2) is 9.79 Å². The molecule has 5 rings (SSSR count). The smallest absolute Gasteiger partial charge is 0.337 e. The van der Waals surface area contributed by atoms with Crippen LogP contribution in [0.25, 0.3) is 6.08 Å². The summed E-state index contributed by atoms with van der Waals surface area (Å²) in [6.07, 6.45) is 3.22. The van der Waals surface area contributed by atoms with Gasteiger partial charge in [-0.2, -0.15) is 0 Å². The van der Waals surface area contributed by atoms with Gasteiger partial charge < -0.3 is 23.7 Å². The fourth-order valence-electron chi connectivity index (χ4n) is 4.84. The highest BCUT2D eigenvalue weighted by Crippen LogP contribution is 2.38. The van der Waals surface area contributed by atoms with Crippen molar-refractivity contribution >= 4 is 55.2 Å². The molecule has 0 saturated carbocycles. The van der Waals surface area contributed by atoms with Crippen LogP contribution in [0, 0.1) is 0 Å². The van der Waals surface area contributed by atoms with E-state index in [1.165, 1.54) is 29.2 Å². The number of carbonyl (C=O) groups is 1. The van der Waals surface area contributed by atoms with Crippen LogP contribution < -0.4 is 33.8 Å². The zero-order valence-electron chi connectivity index (χ0n) is 25.0. The van der Waals surface area contributed by atoms with Gasteiger partial charge in [0.2, 0.25) is 0 Å². The van der Waals surface area contributed by atoms with Crippen molar-refractivity contribution in [1.82, 2.24) is 4.57 Å². The number of aromatic nitrogens is 1. The van der Waals surface area contributed by atoms with Crippen LogP contribution in [0.3, 0.4) is 0 Å². The van der Waals surface area contributed by atoms with Gasteiger partial charge in [-0.05, 0) is 88.9 Å². The van der Waals surface area contributed by atoms with Gasteiger partial charge in [0.15, 0.2) is 27.8 Å². The summed E-state index contributed by atoms with van der Waals surface area (Å²) < 4.78 is 31.9. The molecule has 45 heavy (non-hydrogen) atoms. The van der Waals surface area contributed by atoms with E-state index >= 15 is 0 Å². The Balaban J connectivity index is 1.56. The number of ether oxygens (including phenoxy) is 5. The second-order valence-corrected chi connectivity index (χ2v) is 12.5. The Bertz CT molecular complexity index is 1930. The predicted octanol–water partition coefficient (Wildman–Crippen LogP) is 5.93. The average Bonchev–Trinajstić information content (AvgIpc) is 3.35. The van der Waals surface area contributed by atoms with Crippen LogP contribution in [0.5, 0.6) is 23.0 Å². The molecule has 0 amide bonds. The first-order valence-corrected chi connectivity index (χ1v) is 16.4. The molecule has 1 aromatic heterocycles. The maximum atomic E-state index is 14.0. The van der Waals surface area contributed by atoms with Crippen molar-refractivity contribution in [2.45, 2.75) is 26.5 Å². The molecule has 0 aliphatic carbocycles. The highest BCUT2D eigenvalue weighted by Gasteiger charge is 2.31. The third-order valence-electron chi connectivity index (χ3n) is 6.85. The number of thiazole rings is 1. The van der Waals surface area contributed by atoms with Crippen LogP contribution in [0.2, 0.25) is 0 Å². The lowest BCUT2D eigenvalue weighted by Crippen LogP contribution is -2.39. The molecule has 0 radical (unpaired) electrons. The molecule has 0 unspecified atom stereocenters. The summed E-state index contributed by atoms with van der Waals surface area (Å²) in [7, 11) is 2.86. The van der Waals surface area contributed by atoms with Gasteiger partial charge in [0.25, 0.3) is 5.56 Å². The average molecular weight is 758 g/mol. The fourth-order valence-corrected chi connectivity index (χ4v) is 6.65. The van der Waals surface area contributed by atoms with E-state index < -0.39 is 12.0 Å². The molecular weight excluding hydrogens is 728 g/mol. The zero-order valence-corrected chi connectivity index (χ0v) is 29.0. The molecule has 1 aliphatic heterocycles. The summed E-state index contributed by atoms with van der Waals surface area (Å²) >= 11 is 8.27. The Morgan fingerprint density at radius 1 is 0.956 bits per heavy atom. The van der Waals surface area contributed by atoms with Crippen molar-refractivity contribution in [1.29, 1.82) is 0 Å². The minimum absolute atomic E-state index is 0.222. The van der Waals surface area contributed by atoms with Crippen molar-refractivity contribution in [2.75, 3.05) is 27.4 Å². The van der Waals surface area contributed by atoms with Crippen molar-refractivity contribution in [3.63, 3.8) is 0 Å². The Hall–Kier alpha value is -3.87. The molecule has 0 fully saturated rings. The van der Waals surface area contributed by atoms with Crippen molar-refractivity contribution in [2.24, 2.45) is 4.99 Å². The van der Waals surface area contributed by atoms with E-state index in [0.29, 0.717) is 67.8 Å². The lowest BCUT2D eigenvalue weighted by molar-refractivity contribution is -0.136. The van der Waals surface area contributed by atoms with Crippen molar-refractivity contribution < 1.29 is 28.5 Å². The molecule has 1 aliphatic rings. The predicted molar refractivity (Wildman–Crippen MR) is 179 cm³/mol. The van der Waals surface area contributed by atoms with Gasteiger partial charge in [0.1, 0.15) is 6.61 Å². The number of fused-ring (bicyclic) bond motifs is 1. The third kappa shape index (κ3) is 7.03. The third-order valence-corrected chi connectivity index (χ3v) is 8.97. The molecule has 0 saturated heterocycles. The summed E-state index contributed by atoms with van der Waals surface area (Å²) in [5, 5.41) is 0. The quantitative estimate of drug-likeness (QED) is 0.175. The number of esters is 1. The zero-order chi connectivity index (χ0) is 32.1. The first-order valence-electron chi connectivity index (χ1n) is 14.0. The second kappa shape index (κ2) is 14.5. The summed E-state index contributed by atoms with van der Waals surface area (Å²) in [5.41, 5.74) is 2.27. The summed E-state index contributed by atoms with van der Waals surface area (Å²) in [6, 6.07) is 16.1. The molecule has 1 atom stereocenters. The first-order chi connectivity index (χ1) is 21.8. The Morgan fingerprint density at radius 3 is 2.38 bits per heavy atom. The van der Waals surface area contributed by atoms with Crippen molar-refractivity contribution in [3.8, 4) is 23.0 Å². The Kier molecular flexibility index (Phi) is 10.5. The number of hydrogen-bond donors (Lipinski definition) is 0. The van der Waals surface area contributed by atoms with Gasteiger partial charge in [-0.15, -0.1) is 0 Å². The number of carbonyl (C=O) groups excluding carboxylic acids is 1. The minimum atomic E-state index is -0.790. The van der Waals surface area contributed by atoms with E-state index in [0.717, 1.165) is 10.0 Å². The minimum Gasteiger partial charge on any atom is -0.493 e. The second-order valence-electron chi connectivity index (χ2n) is 9.70. The monoisotopic (exact) mass is 756 g/mol. The maximum absolute atomic E-state index is 14.0. The largest absolute Gasteiger partial charge is 0.493 e. The van der Waals surface area contributed by atoms with E-state index in [2.05, 4.69) is 36.9 Å². The van der Waals surface area contributed by atoms with E-state index in [4.69, 9.17) is 23.7 Å². The number of methoxy groups -OCH3 is 2. The Morgan fingerprint density at radius 2 is 1.69 bits per heavy atom. The van der Waals surface area contributed by atoms with Crippen LogP contribution in [0.15, 0.2) is 85.1 Å². The molecule has 0 bridgehead atoms. The van der Waals surface area contributed by atoms with Crippen LogP contribution in [-0.2, 0) is 16.1 Å².